The van der Waals surface area contributed by atoms with E-state index in [1.54, 1.807) is 34.6 Å². The molecule has 0 unspecified atom stereocenters. The first-order valence-corrected chi connectivity index (χ1v) is 10.2. The predicted molar refractivity (Wildman–Crippen MR) is 105 cm³/mol. The molecule has 0 spiro atoms. The predicted octanol–water partition coefficient (Wildman–Crippen LogP) is 4.02. The van der Waals surface area contributed by atoms with E-state index >= 15 is 0 Å². The molecule has 146 valence electrons. The lowest BCUT2D eigenvalue weighted by atomic mass is 9.95. The molecule has 1 aliphatic rings. The third kappa shape index (κ3) is 4.20. The zero-order chi connectivity index (χ0) is 19.3. The van der Waals surface area contributed by atoms with Crippen molar-refractivity contribution < 1.29 is 18.4 Å². The van der Waals surface area contributed by atoms with Crippen LogP contribution in [0.3, 0.4) is 0 Å². The number of hydrogen-bond donors (Lipinski definition) is 0. The van der Waals surface area contributed by atoms with Crippen molar-refractivity contribution in [2.75, 3.05) is 13.1 Å². The van der Waals surface area contributed by atoms with Crippen molar-refractivity contribution >= 4 is 23.2 Å². The van der Waals surface area contributed by atoms with Crippen LogP contribution in [0, 0.1) is 5.92 Å². The summed E-state index contributed by atoms with van der Waals surface area (Å²) in [6.07, 6.45) is 4.44. The number of amides is 2. The van der Waals surface area contributed by atoms with Gasteiger partial charge in [-0.3, -0.25) is 9.59 Å². The Morgan fingerprint density at radius 2 is 1.82 bits per heavy atom. The van der Waals surface area contributed by atoms with Crippen molar-refractivity contribution in [1.82, 2.24) is 9.80 Å². The van der Waals surface area contributed by atoms with Crippen LogP contribution in [-0.4, -0.2) is 34.7 Å². The highest BCUT2D eigenvalue weighted by Gasteiger charge is 2.31. The summed E-state index contributed by atoms with van der Waals surface area (Å²) >= 11 is 1.64. The number of rotatable bonds is 6. The molecule has 6 nitrogen and oxygen atoms in total. The van der Waals surface area contributed by atoms with Crippen LogP contribution in [0.15, 0.2) is 63.1 Å². The van der Waals surface area contributed by atoms with Crippen LogP contribution >= 0.6 is 11.3 Å². The Bertz CT molecular complexity index is 843. The molecule has 0 saturated carbocycles. The van der Waals surface area contributed by atoms with Crippen LogP contribution in [-0.2, 0) is 17.9 Å². The van der Waals surface area contributed by atoms with E-state index < -0.39 is 0 Å². The fourth-order valence-corrected chi connectivity index (χ4v) is 4.26. The van der Waals surface area contributed by atoms with Crippen LogP contribution in [0.1, 0.15) is 34.0 Å². The highest BCUT2D eigenvalue weighted by atomic mass is 32.1. The van der Waals surface area contributed by atoms with Crippen LogP contribution in [0.2, 0.25) is 0 Å². The number of piperidine rings is 1. The number of likely N-dealkylation sites (tertiary alicyclic amines) is 1. The Balaban J connectivity index is 1.40. The van der Waals surface area contributed by atoms with Crippen LogP contribution < -0.4 is 0 Å². The summed E-state index contributed by atoms with van der Waals surface area (Å²) in [6.45, 7) is 2.14. The summed E-state index contributed by atoms with van der Waals surface area (Å²) in [5, 5.41) is 2.02. The number of carbonyl (C=O) groups excluding carboxylic acids is 2. The standard InChI is InChI=1S/C21H22N2O4S/c24-20(16-7-9-22(10-8-16)21(25)19-6-2-12-27-19)23(14-17-4-1-11-26-17)15-18-5-3-13-28-18/h1-6,11-13,16H,7-10,14-15H2. The van der Waals surface area contributed by atoms with Gasteiger partial charge in [0.05, 0.1) is 25.6 Å². The van der Waals surface area contributed by atoms with E-state index in [0.29, 0.717) is 44.8 Å². The summed E-state index contributed by atoms with van der Waals surface area (Å²) in [6, 6.07) is 11.1. The lowest BCUT2D eigenvalue weighted by Crippen LogP contribution is -2.44. The maximum atomic E-state index is 13.2. The van der Waals surface area contributed by atoms with Crippen LogP contribution in [0.5, 0.6) is 0 Å². The van der Waals surface area contributed by atoms with Gasteiger partial charge in [-0.05, 0) is 48.6 Å². The number of furan rings is 2. The van der Waals surface area contributed by atoms with E-state index in [0.717, 1.165) is 10.6 Å². The molecule has 4 rings (SSSR count). The molecule has 3 aromatic heterocycles. The largest absolute Gasteiger partial charge is 0.467 e. The van der Waals surface area contributed by atoms with Gasteiger partial charge in [0.15, 0.2) is 5.76 Å². The number of nitrogens with zero attached hydrogens (tertiary/aromatic N) is 2. The monoisotopic (exact) mass is 398 g/mol. The van der Waals surface area contributed by atoms with E-state index in [2.05, 4.69) is 0 Å². The Morgan fingerprint density at radius 3 is 2.46 bits per heavy atom. The summed E-state index contributed by atoms with van der Waals surface area (Å²) < 4.78 is 10.7. The van der Waals surface area contributed by atoms with Crippen molar-refractivity contribution in [2.24, 2.45) is 5.92 Å². The first-order chi connectivity index (χ1) is 13.7. The van der Waals surface area contributed by atoms with Gasteiger partial charge in [-0.15, -0.1) is 11.3 Å². The maximum Gasteiger partial charge on any atom is 0.289 e. The molecule has 0 bridgehead atoms. The summed E-state index contributed by atoms with van der Waals surface area (Å²) in [5.41, 5.74) is 0. The van der Waals surface area contributed by atoms with E-state index in [4.69, 9.17) is 8.83 Å². The van der Waals surface area contributed by atoms with Gasteiger partial charge in [-0.1, -0.05) is 6.07 Å². The third-order valence-electron chi connectivity index (χ3n) is 5.03. The second kappa shape index (κ2) is 8.48. The molecule has 7 heteroatoms. The molecule has 1 saturated heterocycles. The zero-order valence-corrected chi connectivity index (χ0v) is 16.3. The fourth-order valence-electron chi connectivity index (χ4n) is 3.54. The normalized spacial score (nSPS) is 14.9. The first-order valence-electron chi connectivity index (χ1n) is 9.37. The molecule has 0 aromatic carbocycles. The average Bonchev–Trinajstić information content (AvgIpc) is 3.50. The maximum absolute atomic E-state index is 13.2. The highest BCUT2D eigenvalue weighted by molar-refractivity contribution is 7.09. The molecule has 0 radical (unpaired) electrons. The molecule has 0 N–H and O–H groups in total. The van der Waals surface area contributed by atoms with Gasteiger partial charge in [0, 0.05) is 23.9 Å². The third-order valence-corrected chi connectivity index (χ3v) is 5.89. The molecular weight excluding hydrogens is 376 g/mol. The van der Waals surface area contributed by atoms with Crippen molar-refractivity contribution in [3.8, 4) is 0 Å². The molecule has 28 heavy (non-hydrogen) atoms. The lowest BCUT2D eigenvalue weighted by Gasteiger charge is -2.33. The van der Waals surface area contributed by atoms with Gasteiger partial charge in [-0.25, -0.2) is 0 Å². The minimum absolute atomic E-state index is 0.0874. The molecule has 1 aliphatic heterocycles. The molecular formula is C21H22N2O4S. The topological polar surface area (TPSA) is 66.9 Å². The van der Waals surface area contributed by atoms with Gasteiger partial charge in [0.25, 0.3) is 5.91 Å². The lowest BCUT2D eigenvalue weighted by molar-refractivity contribution is -0.138. The zero-order valence-electron chi connectivity index (χ0n) is 15.5. The molecule has 0 atom stereocenters. The average molecular weight is 398 g/mol. The molecule has 4 heterocycles. The smallest absolute Gasteiger partial charge is 0.289 e. The van der Waals surface area contributed by atoms with Crippen molar-refractivity contribution in [3.63, 3.8) is 0 Å². The second-order valence-corrected chi connectivity index (χ2v) is 7.93. The van der Waals surface area contributed by atoms with Gasteiger partial charge >= 0.3 is 0 Å². The molecule has 0 aliphatic carbocycles. The SMILES string of the molecule is O=C(c1ccco1)N1CCC(C(=O)N(Cc2ccco2)Cc2cccs2)CC1. The number of carbonyl (C=O) groups is 2. The first kappa shape index (κ1) is 18.6. The van der Waals surface area contributed by atoms with Crippen LogP contribution in [0.25, 0.3) is 0 Å². The summed E-state index contributed by atoms with van der Waals surface area (Å²) in [5.74, 6) is 1.05. The molecule has 2 amide bonds. The Morgan fingerprint density at radius 1 is 1.04 bits per heavy atom. The van der Waals surface area contributed by atoms with Gasteiger partial charge in [-0.2, -0.15) is 0 Å². The van der Waals surface area contributed by atoms with Crippen LogP contribution in [0.4, 0.5) is 0 Å². The molecule has 1 fully saturated rings. The van der Waals surface area contributed by atoms with Crippen molar-refractivity contribution in [1.29, 1.82) is 0 Å². The summed E-state index contributed by atoms with van der Waals surface area (Å²) in [7, 11) is 0. The van der Waals surface area contributed by atoms with E-state index in [1.165, 1.54) is 6.26 Å². The highest BCUT2D eigenvalue weighted by Crippen LogP contribution is 2.24. The van der Waals surface area contributed by atoms with Gasteiger partial charge < -0.3 is 18.6 Å². The number of hydrogen-bond acceptors (Lipinski definition) is 5. The van der Waals surface area contributed by atoms with E-state index in [-0.39, 0.29) is 17.7 Å². The Hall–Kier alpha value is -2.80. The second-order valence-electron chi connectivity index (χ2n) is 6.90. The van der Waals surface area contributed by atoms with Gasteiger partial charge in [0.1, 0.15) is 5.76 Å². The fraction of sp³-hybridized carbons (Fsp3) is 0.333. The van der Waals surface area contributed by atoms with Gasteiger partial charge in [0.2, 0.25) is 5.91 Å². The Kier molecular flexibility index (Phi) is 5.62. The summed E-state index contributed by atoms with van der Waals surface area (Å²) in [4.78, 5) is 30.4. The van der Waals surface area contributed by atoms with Crippen molar-refractivity contribution in [3.05, 3.63) is 70.7 Å². The minimum atomic E-state index is -0.109. The van der Waals surface area contributed by atoms with Crippen molar-refractivity contribution in [2.45, 2.75) is 25.9 Å². The Labute approximate surface area is 167 Å². The van der Waals surface area contributed by atoms with E-state index in [1.807, 2.05) is 34.5 Å². The molecule has 3 aromatic rings. The van der Waals surface area contributed by atoms with E-state index in [9.17, 15) is 9.59 Å². The number of thiophene rings is 1. The quantitative estimate of drug-likeness (QED) is 0.629. The minimum Gasteiger partial charge on any atom is -0.467 e.